The number of nitrogens with zero attached hydrogens (tertiary/aromatic N) is 1. The molecule has 1 aliphatic rings. The number of carbonyl (C=O) groups excluding carboxylic acids is 1. The molecule has 0 aromatic heterocycles. The molecule has 0 spiro atoms. The molecule has 1 N–H and O–H groups in total. The molecule has 1 aromatic rings. The molecule has 112 valence electrons. The van der Waals surface area contributed by atoms with Gasteiger partial charge in [-0.05, 0) is 44.0 Å². The fourth-order valence-electron chi connectivity index (χ4n) is 2.13. The lowest BCUT2D eigenvalue weighted by atomic mass is 10.1. The molecule has 1 unspecified atom stereocenters. The molecule has 5 heteroatoms. The maximum Gasteiger partial charge on any atom is 0.326 e. The van der Waals surface area contributed by atoms with E-state index in [0.717, 1.165) is 12.8 Å². The highest BCUT2D eigenvalue weighted by atomic mass is 16.5. The van der Waals surface area contributed by atoms with Crippen molar-refractivity contribution in [3.05, 3.63) is 42.5 Å². The van der Waals surface area contributed by atoms with Gasteiger partial charge in [0.25, 0.3) is 5.91 Å². The summed E-state index contributed by atoms with van der Waals surface area (Å²) >= 11 is 0. The van der Waals surface area contributed by atoms with Crippen molar-refractivity contribution >= 4 is 11.9 Å². The standard InChI is InChI=1S/C16H19NO4/c1-3-10-21-14-8-4-12(5-9-14)15(18)17(13-6-7-13)11(2)16(19)20/h3-5,8-9,11,13H,1,6-7,10H2,2H3,(H,19,20). The summed E-state index contributed by atoms with van der Waals surface area (Å²) < 4.78 is 5.36. The highest BCUT2D eigenvalue weighted by Crippen LogP contribution is 2.30. The van der Waals surface area contributed by atoms with Crippen LogP contribution in [0.4, 0.5) is 0 Å². The average Bonchev–Trinajstić information content (AvgIpc) is 3.30. The lowest BCUT2D eigenvalue weighted by Crippen LogP contribution is -2.44. The molecule has 5 nitrogen and oxygen atoms in total. The summed E-state index contributed by atoms with van der Waals surface area (Å²) in [7, 11) is 0. The molecule has 1 aromatic carbocycles. The number of rotatable bonds is 7. The summed E-state index contributed by atoms with van der Waals surface area (Å²) in [5.41, 5.74) is 0.473. The number of benzene rings is 1. The van der Waals surface area contributed by atoms with E-state index in [1.807, 2.05) is 0 Å². The van der Waals surface area contributed by atoms with Gasteiger partial charge >= 0.3 is 5.97 Å². The van der Waals surface area contributed by atoms with Crippen molar-refractivity contribution in [3.63, 3.8) is 0 Å². The van der Waals surface area contributed by atoms with Crippen LogP contribution in [-0.2, 0) is 4.79 Å². The predicted octanol–water partition coefficient (Wildman–Crippen LogP) is 2.33. The highest BCUT2D eigenvalue weighted by Gasteiger charge is 2.38. The van der Waals surface area contributed by atoms with Gasteiger partial charge in [0.1, 0.15) is 18.4 Å². The zero-order chi connectivity index (χ0) is 15.4. The highest BCUT2D eigenvalue weighted by molar-refractivity contribution is 5.97. The summed E-state index contributed by atoms with van der Waals surface area (Å²) in [4.78, 5) is 25.1. The minimum atomic E-state index is -0.985. The summed E-state index contributed by atoms with van der Waals surface area (Å²) in [6, 6.07) is 5.94. The molecular formula is C16H19NO4. The molecule has 1 atom stereocenters. The van der Waals surface area contributed by atoms with Crippen LogP contribution < -0.4 is 4.74 Å². The van der Waals surface area contributed by atoms with E-state index in [-0.39, 0.29) is 11.9 Å². The average molecular weight is 289 g/mol. The van der Waals surface area contributed by atoms with Crippen LogP contribution in [0.1, 0.15) is 30.1 Å². The Morgan fingerprint density at radius 3 is 2.52 bits per heavy atom. The van der Waals surface area contributed by atoms with Crippen LogP contribution in [0.5, 0.6) is 5.75 Å². The smallest absolute Gasteiger partial charge is 0.326 e. The number of ether oxygens (including phenoxy) is 1. The van der Waals surface area contributed by atoms with Crippen molar-refractivity contribution in [2.45, 2.75) is 31.8 Å². The Hall–Kier alpha value is -2.30. The van der Waals surface area contributed by atoms with Gasteiger partial charge in [0, 0.05) is 11.6 Å². The van der Waals surface area contributed by atoms with Crippen LogP contribution >= 0.6 is 0 Å². The van der Waals surface area contributed by atoms with E-state index in [2.05, 4.69) is 6.58 Å². The third-order valence-corrected chi connectivity index (χ3v) is 3.42. The van der Waals surface area contributed by atoms with Gasteiger partial charge in [0.15, 0.2) is 0 Å². The minimum Gasteiger partial charge on any atom is -0.490 e. The molecule has 1 fully saturated rings. The van der Waals surface area contributed by atoms with Crippen molar-refractivity contribution in [1.29, 1.82) is 0 Å². The first kappa shape index (κ1) is 15.1. The van der Waals surface area contributed by atoms with Crippen LogP contribution in [0.2, 0.25) is 0 Å². The third kappa shape index (κ3) is 3.62. The Balaban J connectivity index is 2.13. The topological polar surface area (TPSA) is 66.8 Å². The monoisotopic (exact) mass is 289 g/mol. The molecular weight excluding hydrogens is 270 g/mol. The first-order valence-corrected chi connectivity index (χ1v) is 6.94. The second-order valence-electron chi connectivity index (χ2n) is 5.08. The summed E-state index contributed by atoms with van der Waals surface area (Å²) in [6.07, 6.45) is 3.37. The number of carbonyl (C=O) groups is 2. The van der Waals surface area contributed by atoms with Crippen molar-refractivity contribution in [2.24, 2.45) is 0 Å². The SMILES string of the molecule is C=CCOc1ccc(C(=O)N(C2CC2)C(C)C(=O)O)cc1. The van der Waals surface area contributed by atoms with Crippen molar-refractivity contribution in [2.75, 3.05) is 6.61 Å². The second kappa shape index (κ2) is 6.43. The predicted molar refractivity (Wildman–Crippen MR) is 78.4 cm³/mol. The van der Waals surface area contributed by atoms with E-state index in [1.165, 1.54) is 4.90 Å². The quantitative estimate of drug-likeness (QED) is 0.782. The van der Waals surface area contributed by atoms with Gasteiger partial charge in [0.2, 0.25) is 0 Å². The van der Waals surface area contributed by atoms with Crippen LogP contribution in [0.25, 0.3) is 0 Å². The molecule has 0 radical (unpaired) electrons. The molecule has 1 saturated carbocycles. The Bertz CT molecular complexity index is 534. The Kier molecular flexibility index (Phi) is 4.62. The van der Waals surface area contributed by atoms with Crippen LogP contribution in [-0.4, -0.2) is 40.6 Å². The first-order valence-electron chi connectivity index (χ1n) is 6.94. The molecule has 1 amide bonds. The summed E-state index contributed by atoms with van der Waals surface area (Å²) in [5, 5.41) is 9.14. The second-order valence-corrected chi connectivity index (χ2v) is 5.08. The number of hydrogen-bond acceptors (Lipinski definition) is 3. The van der Waals surface area contributed by atoms with Crippen molar-refractivity contribution < 1.29 is 19.4 Å². The van der Waals surface area contributed by atoms with E-state index in [9.17, 15) is 9.59 Å². The third-order valence-electron chi connectivity index (χ3n) is 3.42. The fraction of sp³-hybridized carbons (Fsp3) is 0.375. The van der Waals surface area contributed by atoms with Gasteiger partial charge in [0.05, 0.1) is 0 Å². The normalized spacial score (nSPS) is 15.1. The molecule has 0 bridgehead atoms. The van der Waals surface area contributed by atoms with Crippen LogP contribution in [0, 0.1) is 0 Å². The maximum absolute atomic E-state index is 12.5. The van der Waals surface area contributed by atoms with Crippen LogP contribution in [0.3, 0.4) is 0 Å². The lowest BCUT2D eigenvalue weighted by Gasteiger charge is -2.26. The summed E-state index contributed by atoms with van der Waals surface area (Å²) in [6.45, 7) is 5.51. The number of amides is 1. The summed E-state index contributed by atoms with van der Waals surface area (Å²) in [5.74, 6) is -0.584. The Labute approximate surface area is 123 Å². The van der Waals surface area contributed by atoms with Gasteiger partial charge in [-0.1, -0.05) is 12.7 Å². The largest absolute Gasteiger partial charge is 0.490 e. The molecule has 2 rings (SSSR count). The fourth-order valence-corrected chi connectivity index (χ4v) is 2.13. The van der Waals surface area contributed by atoms with E-state index in [4.69, 9.17) is 9.84 Å². The van der Waals surface area contributed by atoms with Gasteiger partial charge in [-0.25, -0.2) is 4.79 Å². The lowest BCUT2D eigenvalue weighted by molar-refractivity contribution is -0.141. The van der Waals surface area contributed by atoms with E-state index < -0.39 is 12.0 Å². The molecule has 0 aliphatic heterocycles. The number of hydrogen-bond donors (Lipinski definition) is 1. The van der Waals surface area contributed by atoms with Crippen molar-refractivity contribution in [3.8, 4) is 5.75 Å². The first-order chi connectivity index (χ1) is 10.0. The molecule has 21 heavy (non-hydrogen) atoms. The Morgan fingerprint density at radius 1 is 1.43 bits per heavy atom. The van der Waals surface area contributed by atoms with E-state index in [0.29, 0.717) is 17.9 Å². The van der Waals surface area contributed by atoms with Gasteiger partial charge in [-0.2, -0.15) is 0 Å². The zero-order valence-corrected chi connectivity index (χ0v) is 12.0. The van der Waals surface area contributed by atoms with Crippen molar-refractivity contribution in [1.82, 2.24) is 4.90 Å². The minimum absolute atomic E-state index is 0.0419. The maximum atomic E-state index is 12.5. The molecule has 0 heterocycles. The number of aliphatic carboxylic acids is 1. The van der Waals surface area contributed by atoms with Gasteiger partial charge < -0.3 is 14.7 Å². The zero-order valence-electron chi connectivity index (χ0n) is 12.0. The van der Waals surface area contributed by atoms with E-state index in [1.54, 1.807) is 37.3 Å². The van der Waals surface area contributed by atoms with Gasteiger partial charge in [-0.15, -0.1) is 0 Å². The van der Waals surface area contributed by atoms with Gasteiger partial charge in [-0.3, -0.25) is 4.79 Å². The van der Waals surface area contributed by atoms with Crippen LogP contribution in [0.15, 0.2) is 36.9 Å². The number of carboxylic acids is 1. The molecule has 0 saturated heterocycles. The van der Waals surface area contributed by atoms with E-state index >= 15 is 0 Å². The molecule has 1 aliphatic carbocycles. The number of carboxylic acid groups (broad SMARTS) is 1. The Morgan fingerprint density at radius 2 is 2.05 bits per heavy atom.